The van der Waals surface area contributed by atoms with Gasteiger partial charge in [-0.1, -0.05) is 20.8 Å². The summed E-state index contributed by atoms with van der Waals surface area (Å²) >= 11 is 0. The summed E-state index contributed by atoms with van der Waals surface area (Å²) in [6.07, 6.45) is -0.0314. The second-order valence-corrected chi connectivity index (χ2v) is 8.47. The predicted molar refractivity (Wildman–Crippen MR) is 76.6 cm³/mol. The van der Waals surface area contributed by atoms with Crippen LogP contribution in [-0.2, 0) is 23.7 Å². The van der Waals surface area contributed by atoms with Crippen molar-refractivity contribution in [1.82, 2.24) is 0 Å². The van der Waals surface area contributed by atoms with Gasteiger partial charge in [0, 0.05) is 0 Å². The van der Waals surface area contributed by atoms with Gasteiger partial charge < -0.3 is 23.7 Å². The Morgan fingerprint density at radius 3 is 1.90 bits per heavy atom. The SMILES string of the molecule is CC(C)(C)C[C@H]1O[C@@H]2OC(C)(C)O[C@@H]2[C@H]2OC(C)(C)O[C@H]21. The molecule has 0 aromatic rings. The average Bonchev–Trinajstić information content (AvgIpc) is 2.71. The molecule has 5 atom stereocenters. The molecule has 122 valence electrons. The second kappa shape index (κ2) is 4.65. The zero-order chi connectivity index (χ0) is 15.6. The monoisotopic (exact) mass is 300 g/mol. The summed E-state index contributed by atoms with van der Waals surface area (Å²) < 4.78 is 30.3. The summed E-state index contributed by atoms with van der Waals surface area (Å²) in [7, 11) is 0. The maximum Gasteiger partial charge on any atom is 0.190 e. The van der Waals surface area contributed by atoms with Gasteiger partial charge in [0.25, 0.3) is 0 Å². The van der Waals surface area contributed by atoms with Crippen molar-refractivity contribution in [3.05, 3.63) is 0 Å². The lowest BCUT2D eigenvalue weighted by molar-refractivity contribution is -0.238. The summed E-state index contributed by atoms with van der Waals surface area (Å²) in [6, 6.07) is 0. The van der Waals surface area contributed by atoms with Crippen LogP contribution in [0.15, 0.2) is 0 Å². The van der Waals surface area contributed by atoms with Crippen LogP contribution in [0.2, 0.25) is 0 Å². The molecule has 3 saturated heterocycles. The summed E-state index contributed by atoms with van der Waals surface area (Å²) in [6.45, 7) is 14.3. The Kier molecular flexibility index (Phi) is 3.47. The van der Waals surface area contributed by atoms with Crippen LogP contribution < -0.4 is 0 Å². The van der Waals surface area contributed by atoms with Crippen LogP contribution in [-0.4, -0.2) is 42.3 Å². The van der Waals surface area contributed by atoms with E-state index >= 15 is 0 Å². The summed E-state index contributed by atoms with van der Waals surface area (Å²) in [5.74, 6) is -1.26. The fourth-order valence-corrected chi connectivity index (χ4v) is 3.46. The van der Waals surface area contributed by atoms with Crippen LogP contribution in [0.3, 0.4) is 0 Å². The zero-order valence-corrected chi connectivity index (χ0v) is 14.1. The van der Waals surface area contributed by atoms with E-state index in [2.05, 4.69) is 20.8 Å². The number of ether oxygens (including phenoxy) is 5. The van der Waals surface area contributed by atoms with Crippen molar-refractivity contribution in [2.24, 2.45) is 5.41 Å². The molecule has 3 aliphatic heterocycles. The number of hydrogen-bond acceptors (Lipinski definition) is 5. The van der Waals surface area contributed by atoms with E-state index in [1.54, 1.807) is 0 Å². The molecule has 3 aliphatic rings. The number of hydrogen-bond donors (Lipinski definition) is 0. The van der Waals surface area contributed by atoms with E-state index in [0.717, 1.165) is 6.42 Å². The molecule has 3 rings (SSSR count). The summed E-state index contributed by atoms with van der Waals surface area (Å²) in [5.41, 5.74) is 0.146. The molecule has 0 spiro atoms. The highest BCUT2D eigenvalue weighted by molar-refractivity contribution is 5.00. The van der Waals surface area contributed by atoms with E-state index in [1.807, 2.05) is 27.7 Å². The van der Waals surface area contributed by atoms with Crippen molar-refractivity contribution in [2.45, 2.75) is 97.2 Å². The normalized spacial score (nSPS) is 44.4. The molecule has 0 radical (unpaired) electrons. The molecule has 5 heteroatoms. The van der Waals surface area contributed by atoms with Crippen molar-refractivity contribution in [1.29, 1.82) is 0 Å². The molecule has 0 aliphatic carbocycles. The first-order valence-corrected chi connectivity index (χ1v) is 7.83. The Hall–Kier alpha value is -0.200. The van der Waals surface area contributed by atoms with Crippen LogP contribution in [0.5, 0.6) is 0 Å². The van der Waals surface area contributed by atoms with Crippen molar-refractivity contribution < 1.29 is 23.7 Å². The molecule has 3 fully saturated rings. The van der Waals surface area contributed by atoms with Crippen molar-refractivity contribution >= 4 is 0 Å². The van der Waals surface area contributed by atoms with Crippen LogP contribution in [0.1, 0.15) is 54.9 Å². The maximum absolute atomic E-state index is 6.18. The van der Waals surface area contributed by atoms with E-state index in [9.17, 15) is 0 Å². The third-order valence-electron chi connectivity index (χ3n) is 4.06. The lowest BCUT2D eigenvalue weighted by atomic mass is 9.84. The first kappa shape index (κ1) is 15.7. The molecule has 0 N–H and O–H groups in total. The van der Waals surface area contributed by atoms with Gasteiger partial charge >= 0.3 is 0 Å². The molecule has 0 aromatic carbocycles. The highest BCUT2D eigenvalue weighted by atomic mass is 16.9. The molecule has 0 amide bonds. The third kappa shape index (κ3) is 3.13. The summed E-state index contributed by atoms with van der Waals surface area (Å²) in [4.78, 5) is 0. The average molecular weight is 300 g/mol. The minimum atomic E-state index is -0.646. The van der Waals surface area contributed by atoms with E-state index in [4.69, 9.17) is 23.7 Å². The van der Waals surface area contributed by atoms with Gasteiger partial charge in [-0.05, 0) is 39.5 Å². The fraction of sp³-hybridized carbons (Fsp3) is 1.00. The van der Waals surface area contributed by atoms with E-state index in [0.29, 0.717) is 0 Å². The Morgan fingerprint density at radius 2 is 1.29 bits per heavy atom. The van der Waals surface area contributed by atoms with Crippen LogP contribution >= 0.6 is 0 Å². The zero-order valence-electron chi connectivity index (χ0n) is 14.1. The van der Waals surface area contributed by atoms with Gasteiger partial charge in [0.05, 0.1) is 6.10 Å². The lowest BCUT2D eigenvalue weighted by Gasteiger charge is -2.39. The smallest absolute Gasteiger partial charge is 0.190 e. The van der Waals surface area contributed by atoms with Gasteiger partial charge in [0.1, 0.15) is 18.3 Å². The Bertz CT molecular complexity index is 411. The van der Waals surface area contributed by atoms with E-state index in [-0.39, 0.29) is 36.1 Å². The minimum Gasteiger partial charge on any atom is -0.344 e. The molecule has 0 aromatic heterocycles. The van der Waals surface area contributed by atoms with Gasteiger partial charge in [-0.15, -0.1) is 0 Å². The topological polar surface area (TPSA) is 46.2 Å². The molecule has 0 bridgehead atoms. The van der Waals surface area contributed by atoms with Gasteiger partial charge in [0.15, 0.2) is 17.9 Å². The van der Waals surface area contributed by atoms with Gasteiger partial charge in [0.2, 0.25) is 0 Å². The van der Waals surface area contributed by atoms with Crippen LogP contribution in [0, 0.1) is 5.41 Å². The highest BCUT2D eigenvalue weighted by Crippen LogP contribution is 2.45. The van der Waals surface area contributed by atoms with E-state index < -0.39 is 11.6 Å². The fourth-order valence-electron chi connectivity index (χ4n) is 3.46. The molecule has 21 heavy (non-hydrogen) atoms. The lowest BCUT2D eigenvalue weighted by Crippen LogP contribution is -2.55. The molecule has 5 nitrogen and oxygen atoms in total. The second-order valence-electron chi connectivity index (χ2n) is 8.47. The minimum absolute atomic E-state index is 0.0458. The Labute approximate surface area is 127 Å². The molecular formula is C16H28O5. The standard InChI is InChI=1S/C16H28O5/c1-14(2,3)8-9-10-11(19-15(4,5)18-10)12-13(17-9)21-16(6,7)20-12/h9-13H,8H2,1-7H3/t9-,10+,11+,12-,13-/m1/s1. The van der Waals surface area contributed by atoms with Gasteiger partial charge in [-0.2, -0.15) is 0 Å². The largest absolute Gasteiger partial charge is 0.344 e. The highest BCUT2D eigenvalue weighted by Gasteiger charge is 2.60. The van der Waals surface area contributed by atoms with Gasteiger partial charge in [-0.3, -0.25) is 0 Å². The predicted octanol–water partition coefficient (Wildman–Crippen LogP) is 2.82. The molecule has 3 heterocycles. The molecular weight excluding hydrogens is 272 g/mol. The maximum atomic E-state index is 6.18. The van der Waals surface area contributed by atoms with Crippen molar-refractivity contribution in [2.75, 3.05) is 0 Å². The van der Waals surface area contributed by atoms with Crippen LogP contribution in [0.4, 0.5) is 0 Å². The first-order valence-electron chi connectivity index (χ1n) is 7.83. The summed E-state index contributed by atoms with van der Waals surface area (Å²) in [5, 5.41) is 0. The van der Waals surface area contributed by atoms with Crippen molar-refractivity contribution in [3.63, 3.8) is 0 Å². The first-order chi connectivity index (χ1) is 9.46. The van der Waals surface area contributed by atoms with E-state index in [1.165, 1.54) is 0 Å². The number of rotatable bonds is 1. The third-order valence-corrected chi connectivity index (χ3v) is 4.06. The van der Waals surface area contributed by atoms with Crippen LogP contribution in [0.25, 0.3) is 0 Å². The number of fused-ring (bicyclic) bond motifs is 3. The Morgan fingerprint density at radius 1 is 0.762 bits per heavy atom. The molecule has 0 saturated carbocycles. The molecule has 0 unspecified atom stereocenters. The Balaban J connectivity index is 1.85. The quantitative estimate of drug-likeness (QED) is 0.745. The van der Waals surface area contributed by atoms with Gasteiger partial charge in [-0.25, -0.2) is 0 Å². The van der Waals surface area contributed by atoms with Crippen molar-refractivity contribution in [3.8, 4) is 0 Å².